The zero-order valence-electron chi connectivity index (χ0n) is 25.2. The number of amides is 1. The van der Waals surface area contributed by atoms with Gasteiger partial charge < -0.3 is 29.1 Å². The van der Waals surface area contributed by atoms with E-state index in [0.717, 1.165) is 50.5 Å². The lowest BCUT2D eigenvalue weighted by atomic mass is 10.0. The maximum atomic E-state index is 13.6. The number of hydrogen-bond donors (Lipinski definition) is 2. The van der Waals surface area contributed by atoms with Crippen molar-refractivity contribution in [1.82, 2.24) is 19.2 Å². The van der Waals surface area contributed by atoms with Crippen molar-refractivity contribution in [3.8, 4) is 17.2 Å². The fraction of sp³-hybridized carbons (Fsp3) is 0.567. The topological polar surface area (TPSA) is 132 Å². The highest BCUT2D eigenvalue weighted by Crippen LogP contribution is 2.35. The standard InChI is InChI=1S/C30H44N4O8S/c1-23(2)21-33(43(38,39)27-9-10-28-29(20-27)42-22-41-28)13-11-25(34(37)30(35)36)19-24-5-7-26(8-6-24)40-18-4-12-32-16-14-31(3)15-17-32/h5-10,20,23,25,37H,4,11-19,21-22H2,1-3H3,(H,35,36). The van der Waals surface area contributed by atoms with E-state index in [1.165, 1.54) is 16.4 Å². The van der Waals surface area contributed by atoms with E-state index in [2.05, 4.69) is 16.8 Å². The lowest BCUT2D eigenvalue weighted by molar-refractivity contribution is -0.0984. The summed E-state index contributed by atoms with van der Waals surface area (Å²) in [6.45, 7) is 9.99. The Kier molecular flexibility index (Phi) is 11.5. The molecule has 2 aliphatic heterocycles. The number of carbonyl (C=O) groups is 1. The molecule has 0 saturated carbocycles. The van der Waals surface area contributed by atoms with Crippen molar-refractivity contribution < 1.29 is 37.7 Å². The molecule has 238 valence electrons. The number of piperazine rings is 1. The molecule has 2 aromatic carbocycles. The summed E-state index contributed by atoms with van der Waals surface area (Å²) in [6.07, 6.45) is -0.289. The average molecular weight is 621 g/mol. The van der Waals surface area contributed by atoms with Crippen molar-refractivity contribution in [2.45, 2.75) is 44.0 Å². The Labute approximate surface area is 254 Å². The minimum absolute atomic E-state index is 0.0124. The lowest BCUT2D eigenvalue weighted by Gasteiger charge is -2.32. The average Bonchev–Trinajstić information content (AvgIpc) is 3.46. The summed E-state index contributed by atoms with van der Waals surface area (Å²) in [5.74, 6) is 1.57. The van der Waals surface area contributed by atoms with E-state index in [0.29, 0.717) is 18.1 Å². The summed E-state index contributed by atoms with van der Waals surface area (Å²) in [5.41, 5.74) is 0.795. The van der Waals surface area contributed by atoms with Crippen molar-refractivity contribution in [2.75, 3.05) is 66.3 Å². The third-order valence-corrected chi connectivity index (χ3v) is 9.54. The lowest BCUT2D eigenvalue weighted by Crippen LogP contribution is -2.44. The molecule has 0 aliphatic carbocycles. The van der Waals surface area contributed by atoms with Crippen LogP contribution in [0.1, 0.15) is 32.3 Å². The van der Waals surface area contributed by atoms with Crippen molar-refractivity contribution in [1.29, 1.82) is 0 Å². The summed E-state index contributed by atoms with van der Waals surface area (Å²) >= 11 is 0. The Bertz CT molecular complexity index is 1300. The van der Waals surface area contributed by atoms with Crippen molar-refractivity contribution in [3.63, 3.8) is 0 Å². The third-order valence-electron chi connectivity index (χ3n) is 7.68. The minimum atomic E-state index is -3.93. The first-order valence-electron chi connectivity index (χ1n) is 14.8. The Balaban J connectivity index is 1.36. The van der Waals surface area contributed by atoms with Crippen LogP contribution in [0.3, 0.4) is 0 Å². The van der Waals surface area contributed by atoms with E-state index in [4.69, 9.17) is 14.2 Å². The van der Waals surface area contributed by atoms with Gasteiger partial charge in [0.25, 0.3) is 0 Å². The van der Waals surface area contributed by atoms with Gasteiger partial charge in [0, 0.05) is 51.9 Å². The summed E-state index contributed by atoms with van der Waals surface area (Å²) in [5, 5.41) is 20.2. The molecule has 0 spiro atoms. The predicted molar refractivity (Wildman–Crippen MR) is 160 cm³/mol. The molecule has 4 rings (SSSR count). The van der Waals surface area contributed by atoms with Gasteiger partial charge in [0.2, 0.25) is 16.8 Å². The Morgan fingerprint density at radius 1 is 1.05 bits per heavy atom. The first-order chi connectivity index (χ1) is 20.5. The number of benzene rings is 2. The monoisotopic (exact) mass is 620 g/mol. The zero-order chi connectivity index (χ0) is 31.0. The molecular formula is C30H44N4O8S. The molecule has 1 fully saturated rings. The molecule has 1 amide bonds. The molecule has 13 heteroatoms. The molecule has 2 heterocycles. The van der Waals surface area contributed by atoms with Crippen LogP contribution in [0.15, 0.2) is 47.4 Å². The summed E-state index contributed by atoms with van der Waals surface area (Å²) in [7, 11) is -1.79. The van der Waals surface area contributed by atoms with Gasteiger partial charge >= 0.3 is 6.09 Å². The normalized spacial score (nSPS) is 16.5. The van der Waals surface area contributed by atoms with Crippen LogP contribution in [0.25, 0.3) is 0 Å². The number of likely N-dealkylation sites (N-methyl/N-ethyl adjacent to an activating group) is 1. The quantitative estimate of drug-likeness (QED) is 0.173. The number of ether oxygens (including phenoxy) is 3. The van der Waals surface area contributed by atoms with Gasteiger partial charge in [-0.25, -0.2) is 13.2 Å². The van der Waals surface area contributed by atoms with Crippen molar-refractivity contribution in [3.05, 3.63) is 48.0 Å². The van der Waals surface area contributed by atoms with Crippen LogP contribution < -0.4 is 14.2 Å². The van der Waals surface area contributed by atoms with Crippen LogP contribution >= 0.6 is 0 Å². The smallest absolute Gasteiger partial charge is 0.431 e. The summed E-state index contributed by atoms with van der Waals surface area (Å²) in [6, 6.07) is 11.0. The molecule has 0 bridgehead atoms. The molecule has 1 unspecified atom stereocenters. The predicted octanol–water partition coefficient (Wildman–Crippen LogP) is 3.45. The second-order valence-corrected chi connectivity index (χ2v) is 13.5. The fourth-order valence-corrected chi connectivity index (χ4v) is 6.84. The SMILES string of the molecule is CC(C)CN(CCC(Cc1ccc(OCCCN2CCN(C)CC2)cc1)N(O)C(=O)O)S(=O)(=O)c1ccc2c(c1)OCO2. The molecular weight excluding hydrogens is 576 g/mol. The van der Waals surface area contributed by atoms with E-state index in [-0.39, 0.29) is 48.6 Å². The van der Waals surface area contributed by atoms with Crippen molar-refractivity contribution in [2.24, 2.45) is 5.92 Å². The molecule has 43 heavy (non-hydrogen) atoms. The number of rotatable bonds is 15. The highest BCUT2D eigenvalue weighted by molar-refractivity contribution is 7.89. The summed E-state index contributed by atoms with van der Waals surface area (Å²) < 4.78 is 45.1. The van der Waals surface area contributed by atoms with Gasteiger partial charge in [0.05, 0.1) is 17.5 Å². The van der Waals surface area contributed by atoms with E-state index >= 15 is 0 Å². The number of hydrogen-bond acceptors (Lipinski definition) is 9. The van der Waals surface area contributed by atoms with Crippen LogP contribution in [0.5, 0.6) is 17.2 Å². The first-order valence-corrected chi connectivity index (χ1v) is 16.2. The highest BCUT2D eigenvalue weighted by Gasteiger charge is 2.30. The molecule has 2 aliphatic rings. The van der Waals surface area contributed by atoms with Gasteiger partial charge in [0.15, 0.2) is 11.5 Å². The van der Waals surface area contributed by atoms with Gasteiger partial charge in [-0.05, 0) is 62.1 Å². The Hall–Kier alpha value is -3.10. The van der Waals surface area contributed by atoms with Crippen LogP contribution in [-0.2, 0) is 16.4 Å². The molecule has 12 nitrogen and oxygen atoms in total. The molecule has 1 saturated heterocycles. The molecule has 2 aromatic rings. The largest absolute Gasteiger partial charge is 0.494 e. The van der Waals surface area contributed by atoms with E-state index < -0.39 is 22.2 Å². The van der Waals surface area contributed by atoms with Crippen LogP contribution in [-0.4, -0.2) is 116 Å². The maximum Gasteiger partial charge on any atom is 0.431 e. The number of nitrogens with zero attached hydrogens (tertiary/aromatic N) is 4. The van der Waals surface area contributed by atoms with Gasteiger partial charge in [-0.3, -0.25) is 5.21 Å². The number of sulfonamides is 1. The maximum absolute atomic E-state index is 13.6. The highest BCUT2D eigenvalue weighted by atomic mass is 32.2. The molecule has 0 aromatic heterocycles. The van der Waals surface area contributed by atoms with E-state index in [9.17, 15) is 23.5 Å². The Morgan fingerprint density at radius 2 is 1.74 bits per heavy atom. The number of carboxylic acid groups (broad SMARTS) is 1. The second kappa shape index (κ2) is 15.1. The summed E-state index contributed by atoms with van der Waals surface area (Å²) in [4.78, 5) is 16.5. The van der Waals surface area contributed by atoms with Crippen LogP contribution in [0.4, 0.5) is 4.79 Å². The van der Waals surface area contributed by atoms with Crippen LogP contribution in [0.2, 0.25) is 0 Å². The van der Waals surface area contributed by atoms with Gasteiger partial charge in [0.1, 0.15) is 5.75 Å². The van der Waals surface area contributed by atoms with Gasteiger partial charge in [-0.1, -0.05) is 26.0 Å². The zero-order valence-corrected chi connectivity index (χ0v) is 26.0. The van der Waals surface area contributed by atoms with Crippen molar-refractivity contribution >= 4 is 16.1 Å². The minimum Gasteiger partial charge on any atom is -0.494 e. The Morgan fingerprint density at radius 3 is 2.42 bits per heavy atom. The fourth-order valence-electron chi connectivity index (χ4n) is 5.21. The van der Waals surface area contributed by atoms with Gasteiger partial charge in [-0.2, -0.15) is 9.37 Å². The van der Waals surface area contributed by atoms with Gasteiger partial charge in [-0.15, -0.1) is 0 Å². The molecule has 0 radical (unpaired) electrons. The third kappa shape index (κ3) is 9.19. The van der Waals surface area contributed by atoms with Crippen LogP contribution in [0, 0.1) is 5.92 Å². The number of fused-ring (bicyclic) bond motifs is 1. The van der Waals surface area contributed by atoms with E-state index in [1.807, 2.05) is 38.1 Å². The molecule has 2 N–H and O–H groups in total. The second-order valence-electron chi connectivity index (χ2n) is 11.5. The first kappa shape index (κ1) is 32.8. The molecule has 1 atom stereocenters. The van der Waals surface area contributed by atoms with E-state index in [1.54, 1.807) is 6.07 Å². The number of hydroxylamine groups is 2.